The van der Waals surface area contributed by atoms with Crippen LogP contribution in [0.25, 0.3) is 11.3 Å². The van der Waals surface area contributed by atoms with Crippen molar-refractivity contribution in [2.45, 2.75) is 12.8 Å². The summed E-state index contributed by atoms with van der Waals surface area (Å²) in [5.41, 5.74) is 1.66. The van der Waals surface area contributed by atoms with Gasteiger partial charge in [-0.2, -0.15) is 8.42 Å². The van der Waals surface area contributed by atoms with Crippen molar-refractivity contribution in [2.24, 2.45) is 11.1 Å². The summed E-state index contributed by atoms with van der Waals surface area (Å²) in [7, 11) is -3.63. The maximum atomic E-state index is 11.0. The van der Waals surface area contributed by atoms with Crippen LogP contribution in [0.15, 0.2) is 36.7 Å². The second-order valence-corrected chi connectivity index (χ2v) is 7.85. The van der Waals surface area contributed by atoms with E-state index in [-0.39, 0.29) is 5.92 Å². The standard InChI is InChI=1S/C16H20ClN5O2S/c17-14-4-2-1-3-13(14)15-9-16(20-11-19-15)22-7-5-12(6-8-22)10-21-25(18,23)24/h1-4,9,11-12,21H,5-8,10H2,(H2,18,23,24). The highest BCUT2D eigenvalue weighted by molar-refractivity contribution is 7.87. The first-order valence-corrected chi connectivity index (χ1v) is 9.94. The van der Waals surface area contributed by atoms with Gasteiger partial charge in [0.2, 0.25) is 0 Å². The number of hydrogen-bond donors (Lipinski definition) is 2. The zero-order chi connectivity index (χ0) is 17.9. The van der Waals surface area contributed by atoms with Gasteiger partial charge in [-0.15, -0.1) is 0 Å². The van der Waals surface area contributed by atoms with Crippen molar-refractivity contribution in [3.63, 3.8) is 0 Å². The molecule has 134 valence electrons. The lowest BCUT2D eigenvalue weighted by Crippen LogP contribution is -2.40. The minimum atomic E-state index is -3.63. The molecule has 1 aromatic carbocycles. The van der Waals surface area contributed by atoms with E-state index in [2.05, 4.69) is 19.6 Å². The van der Waals surface area contributed by atoms with Crippen LogP contribution >= 0.6 is 11.6 Å². The molecule has 25 heavy (non-hydrogen) atoms. The fourth-order valence-corrected chi connectivity index (χ4v) is 3.64. The molecule has 1 aliphatic heterocycles. The van der Waals surface area contributed by atoms with E-state index in [1.165, 1.54) is 0 Å². The second-order valence-electron chi connectivity index (χ2n) is 6.07. The number of anilines is 1. The molecule has 0 spiro atoms. The Balaban J connectivity index is 1.66. The molecular formula is C16H20ClN5O2S. The summed E-state index contributed by atoms with van der Waals surface area (Å²) in [5, 5.41) is 5.63. The first kappa shape index (κ1) is 18.1. The number of hydrogen-bond acceptors (Lipinski definition) is 5. The third kappa shape index (κ3) is 4.88. The zero-order valence-electron chi connectivity index (χ0n) is 13.6. The Morgan fingerprint density at radius 3 is 2.64 bits per heavy atom. The van der Waals surface area contributed by atoms with E-state index in [4.69, 9.17) is 16.7 Å². The maximum absolute atomic E-state index is 11.0. The van der Waals surface area contributed by atoms with Crippen LogP contribution in [0.4, 0.5) is 5.82 Å². The van der Waals surface area contributed by atoms with Gasteiger partial charge in [0.05, 0.1) is 5.69 Å². The highest BCUT2D eigenvalue weighted by atomic mass is 35.5. The van der Waals surface area contributed by atoms with E-state index < -0.39 is 10.2 Å². The van der Waals surface area contributed by atoms with Gasteiger partial charge in [-0.3, -0.25) is 0 Å². The van der Waals surface area contributed by atoms with E-state index in [9.17, 15) is 8.42 Å². The van der Waals surface area contributed by atoms with Crippen molar-refractivity contribution in [3.05, 3.63) is 41.7 Å². The van der Waals surface area contributed by atoms with Gasteiger partial charge in [-0.25, -0.2) is 19.8 Å². The number of nitrogens with two attached hydrogens (primary N) is 1. The monoisotopic (exact) mass is 381 g/mol. The Bertz CT molecular complexity index is 838. The highest BCUT2D eigenvalue weighted by Gasteiger charge is 2.21. The summed E-state index contributed by atoms with van der Waals surface area (Å²) in [6.07, 6.45) is 3.28. The number of aromatic nitrogens is 2. The molecular weight excluding hydrogens is 362 g/mol. The van der Waals surface area contributed by atoms with Gasteiger partial charge >= 0.3 is 0 Å². The number of rotatable bonds is 5. The molecule has 0 unspecified atom stereocenters. The molecule has 0 amide bonds. The van der Waals surface area contributed by atoms with Gasteiger partial charge in [0.25, 0.3) is 10.2 Å². The lowest BCUT2D eigenvalue weighted by molar-refractivity contribution is 0.400. The number of piperidine rings is 1. The number of halogens is 1. The Morgan fingerprint density at radius 2 is 1.96 bits per heavy atom. The molecule has 9 heteroatoms. The predicted octanol–water partition coefficient (Wildman–Crippen LogP) is 1.81. The molecule has 0 aliphatic carbocycles. The molecule has 0 bridgehead atoms. The van der Waals surface area contributed by atoms with Crippen molar-refractivity contribution < 1.29 is 8.42 Å². The molecule has 0 atom stereocenters. The van der Waals surface area contributed by atoms with Gasteiger partial charge in [0.15, 0.2) is 0 Å². The molecule has 1 saturated heterocycles. The Labute approximate surface area is 152 Å². The average Bonchev–Trinajstić information content (AvgIpc) is 2.60. The van der Waals surface area contributed by atoms with Gasteiger partial charge in [-0.05, 0) is 24.8 Å². The maximum Gasteiger partial charge on any atom is 0.274 e. The Hall–Kier alpha value is -1.74. The van der Waals surface area contributed by atoms with Crippen LogP contribution in [-0.2, 0) is 10.2 Å². The average molecular weight is 382 g/mol. The highest BCUT2D eigenvalue weighted by Crippen LogP contribution is 2.28. The van der Waals surface area contributed by atoms with E-state index in [1.54, 1.807) is 6.33 Å². The minimum Gasteiger partial charge on any atom is -0.356 e. The molecule has 7 nitrogen and oxygen atoms in total. The third-order valence-electron chi connectivity index (χ3n) is 4.31. The molecule has 2 heterocycles. The third-order valence-corrected chi connectivity index (χ3v) is 5.21. The van der Waals surface area contributed by atoms with Crippen LogP contribution in [0.2, 0.25) is 5.02 Å². The first-order chi connectivity index (χ1) is 11.9. The second kappa shape index (κ2) is 7.65. The molecule has 1 fully saturated rings. The summed E-state index contributed by atoms with van der Waals surface area (Å²) in [5.74, 6) is 1.13. The predicted molar refractivity (Wildman–Crippen MR) is 98.5 cm³/mol. The quantitative estimate of drug-likeness (QED) is 0.822. The summed E-state index contributed by atoms with van der Waals surface area (Å²) >= 11 is 6.25. The molecule has 3 N–H and O–H groups in total. The molecule has 0 saturated carbocycles. The van der Waals surface area contributed by atoms with Gasteiger partial charge in [-0.1, -0.05) is 29.8 Å². The summed E-state index contributed by atoms with van der Waals surface area (Å²) < 4.78 is 24.4. The minimum absolute atomic E-state index is 0.277. The number of benzene rings is 1. The van der Waals surface area contributed by atoms with Crippen molar-refractivity contribution in [2.75, 3.05) is 24.5 Å². The van der Waals surface area contributed by atoms with Crippen LogP contribution in [0.1, 0.15) is 12.8 Å². The van der Waals surface area contributed by atoms with Gasteiger partial charge < -0.3 is 4.90 Å². The topological polar surface area (TPSA) is 101 Å². The van der Waals surface area contributed by atoms with Gasteiger partial charge in [0, 0.05) is 36.3 Å². The normalized spacial score (nSPS) is 16.2. The summed E-state index contributed by atoms with van der Waals surface area (Å²) in [4.78, 5) is 10.9. The van der Waals surface area contributed by atoms with E-state index in [1.807, 2.05) is 30.3 Å². The SMILES string of the molecule is NS(=O)(=O)NCC1CCN(c2cc(-c3ccccc3Cl)ncn2)CC1. The fourth-order valence-electron chi connectivity index (χ4n) is 2.94. The number of nitrogens with zero attached hydrogens (tertiary/aromatic N) is 3. The van der Waals surface area contributed by atoms with Crippen molar-refractivity contribution in [1.82, 2.24) is 14.7 Å². The van der Waals surface area contributed by atoms with Crippen molar-refractivity contribution in [3.8, 4) is 11.3 Å². The fraction of sp³-hybridized carbons (Fsp3) is 0.375. The van der Waals surface area contributed by atoms with E-state index >= 15 is 0 Å². The van der Waals surface area contributed by atoms with Crippen LogP contribution in [0.3, 0.4) is 0 Å². The van der Waals surface area contributed by atoms with Crippen molar-refractivity contribution in [1.29, 1.82) is 0 Å². The molecule has 1 aromatic heterocycles. The van der Waals surface area contributed by atoms with Crippen LogP contribution in [-0.4, -0.2) is 38.0 Å². The lowest BCUT2D eigenvalue weighted by Gasteiger charge is -2.32. The van der Waals surface area contributed by atoms with Crippen LogP contribution in [0.5, 0.6) is 0 Å². The smallest absolute Gasteiger partial charge is 0.274 e. The zero-order valence-corrected chi connectivity index (χ0v) is 15.2. The van der Waals surface area contributed by atoms with Crippen molar-refractivity contribution >= 4 is 27.6 Å². The molecule has 2 aromatic rings. The van der Waals surface area contributed by atoms with Crippen LogP contribution < -0.4 is 14.8 Å². The van der Waals surface area contributed by atoms with E-state index in [0.29, 0.717) is 11.6 Å². The van der Waals surface area contributed by atoms with Gasteiger partial charge in [0.1, 0.15) is 12.1 Å². The Kier molecular flexibility index (Phi) is 5.53. The largest absolute Gasteiger partial charge is 0.356 e. The lowest BCUT2D eigenvalue weighted by atomic mass is 9.97. The van der Waals surface area contributed by atoms with E-state index in [0.717, 1.165) is 43.0 Å². The number of nitrogens with one attached hydrogen (secondary N) is 1. The summed E-state index contributed by atoms with van der Waals surface area (Å²) in [6.45, 7) is 1.98. The Morgan fingerprint density at radius 1 is 1.24 bits per heavy atom. The molecule has 3 rings (SSSR count). The molecule has 0 radical (unpaired) electrons. The first-order valence-electron chi connectivity index (χ1n) is 8.01. The van der Waals surface area contributed by atoms with Crippen LogP contribution in [0, 0.1) is 5.92 Å². The summed E-state index contributed by atoms with van der Waals surface area (Å²) in [6, 6.07) is 9.51. The molecule has 1 aliphatic rings.